The number of likely N-dealkylation sites (tertiary alicyclic amines) is 1. The van der Waals surface area contributed by atoms with Crippen LogP contribution in [0.15, 0.2) is 24.3 Å². The van der Waals surface area contributed by atoms with Crippen LogP contribution in [0.2, 0.25) is 0 Å². The summed E-state index contributed by atoms with van der Waals surface area (Å²) in [6.07, 6.45) is 4.78. The van der Waals surface area contributed by atoms with Gasteiger partial charge in [-0.05, 0) is 18.4 Å². The van der Waals surface area contributed by atoms with E-state index in [-0.39, 0.29) is 5.91 Å². The van der Waals surface area contributed by atoms with Gasteiger partial charge in [0.15, 0.2) is 0 Å². The van der Waals surface area contributed by atoms with E-state index in [9.17, 15) is 4.79 Å². The van der Waals surface area contributed by atoms with Crippen LogP contribution >= 0.6 is 24.0 Å². The lowest BCUT2D eigenvalue weighted by Gasteiger charge is -2.20. The molecule has 0 atom stereocenters. The summed E-state index contributed by atoms with van der Waals surface area (Å²) in [4.78, 5) is 14.6. The van der Waals surface area contributed by atoms with Gasteiger partial charge in [-0.25, -0.2) is 0 Å². The molecule has 1 amide bonds. The van der Waals surface area contributed by atoms with Crippen molar-refractivity contribution in [1.29, 1.82) is 0 Å². The largest absolute Gasteiger partial charge is 0.389 e. The molecular weight excluding hydrogens is 300 g/mol. The third-order valence-corrected chi connectivity index (χ3v) is 4.91. The first-order chi connectivity index (χ1) is 10.2. The summed E-state index contributed by atoms with van der Waals surface area (Å²) in [6.45, 7) is 1.84. The van der Waals surface area contributed by atoms with Crippen LogP contribution in [0, 0.1) is 0 Å². The predicted molar refractivity (Wildman–Crippen MR) is 93.5 cm³/mol. The van der Waals surface area contributed by atoms with Gasteiger partial charge in [0, 0.05) is 24.4 Å². The second-order valence-corrected chi connectivity index (χ2v) is 6.73. The van der Waals surface area contributed by atoms with E-state index in [1.165, 1.54) is 12.8 Å². The highest BCUT2D eigenvalue weighted by Gasteiger charge is 2.15. The molecule has 2 rings (SSSR count). The Kier molecular flexibility index (Phi) is 6.51. The van der Waals surface area contributed by atoms with Crippen LogP contribution < -0.4 is 5.73 Å². The Bertz CT molecular complexity index is 497. The lowest BCUT2D eigenvalue weighted by Crippen LogP contribution is -2.33. The van der Waals surface area contributed by atoms with Gasteiger partial charge < -0.3 is 10.6 Å². The van der Waals surface area contributed by atoms with Crippen molar-refractivity contribution >= 4 is 34.9 Å². The molecule has 2 N–H and O–H groups in total. The first-order valence-electron chi connectivity index (χ1n) is 7.41. The fourth-order valence-corrected chi connectivity index (χ4v) is 3.68. The summed E-state index contributed by atoms with van der Waals surface area (Å²) in [6, 6.07) is 7.88. The summed E-state index contributed by atoms with van der Waals surface area (Å²) in [5.74, 6) is 1.56. The van der Waals surface area contributed by atoms with Crippen LogP contribution in [0.4, 0.5) is 0 Å². The van der Waals surface area contributed by atoms with Crippen LogP contribution in [0.5, 0.6) is 0 Å². The smallest absolute Gasteiger partial charge is 0.232 e. The van der Waals surface area contributed by atoms with Gasteiger partial charge in [-0.2, -0.15) is 0 Å². The van der Waals surface area contributed by atoms with Crippen LogP contribution in [0.25, 0.3) is 0 Å². The van der Waals surface area contributed by atoms with E-state index in [4.69, 9.17) is 18.0 Å². The molecule has 1 heterocycles. The monoisotopic (exact) mass is 322 g/mol. The Morgan fingerprint density at radius 3 is 2.52 bits per heavy atom. The maximum atomic E-state index is 12.2. The molecule has 3 nitrogen and oxygen atoms in total. The quantitative estimate of drug-likeness (QED) is 0.847. The number of rotatable bonds is 5. The van der Waals surface area contributed by atoms with E-state index in [0.29, 0.717) is 10.7 Å². The molecule has 0 saturated carbocycles. The highest BCUT2D eigenvalue weighted by Crippen LogP contribution is 2.18. The van der Waals surface area contributed by atoms with Crippen molar-refractivity contribution in [3.8, 4) is 0 Å². The van der Waals surface area contributed by atoms with Gasteiger partial charge in [-0.15, -0.1) is 11.8 Å². The fourth-order valence-electron chi connectivity index (χ4n) is 2.55. The predicted octanol–water partition coefficient (Wildman–Crippen LogP) is 2.96. The van der Waals surface area contributed by atoms with Gasteiger partial charge in [0.2, 0.25) is 5.91 Å². The number of carbonyl (C=O) groups is 1. The van der Waals surface area contributed by atoms with Gasteiger partial charge in [-0.1, -0.05) is 49.3 Å². The molecule has 1 saturated heterocycles. The number of hydrogen-bond acceptors (Lipinski definition) is 3. The minimum atomic E-state index is 0.259. The van der Waals surface area contributed by atoms with Gasteiger partial charge in [0.25, 0.3) is 0 Å². The third-order valence-electron chi connectivity index (χ3n) is 3.72. The van der Waals surface area contributed by atoms with Gasteiger partial charge in [0.1, 0.15) is 4.99 Å². The van der Waals surface area contributed by atoms with Gasteiger partial charge in [0.05, 0.1) is 5.75 Å². The van der Waals surface area contributed by atoms with Crippen LogP contribution in [0.3, 0.4) is 0 Å². The third kappa shape index (κ3) is 5.00. The number of amides is 1. The molecule has 1 fully saturated rings. The van der Waals surface area contributed by atoms with E-state index >= 15 is 0 Å². The Labute approximate surface area is 136 Å². The minimum absolute atomic E-state index is 0.259. The normalized spacial score (nSPS) is 15.5. The number of nitrogens with two attached hydrogens (primary N) is 1. The van der Waals surface area contributed by atoms with E-state index in [2.05, 4.69) is 0 Å². The summed E-state index contributed by atoms with van der Waals surface area (Å²) < 4.78 is 0. The Morgan fingerprint density at radius 1 is 1.19 bits per heavy atom. The average Bonchev–Trinajstić information content (AvgIpc) is 2.76. The standard InChI is InChI=1S/C16H22N2OS2/c17-16(20)14-8-4-3-7-13(14)11-21-12-15(19)18-9-5-1-2-6-10-18/h3-4,7-8H,1-2,5-6,9-12H2,(H2,17,20). The molecule has 0 radical (unpaired) electrons. The SMILES string of the molecule is NC(=S)c1ccccc1CSCC(=O)N1CCCCCC1. The van der Waals surface area contributed by atoms with Crippen LogP contribution in [-0.4, -0.2) is 34.6 Å². The molecular formula is C16H22N2OS2. The van der Waals surface area contributed by atoms with Crippen molar-refractivity contribution in [2.24, 2.45) is 5.73 Å². The molecule has 0 unspecified atom stereocenters. The van der Waals surface area contributed by atoms with Crippen molar-refractivity contribution in [3.05, 3.63) is 35.4 Å². The average molecular weight is 322 g/mol. The van der Waals surface area contributed by atoms with Crippen molar-refractivity contribution in [2.45, 2.75) is 31.4 Å². The molecule has 21 heavy (non-hydrogen) atoms. The van der Waals surface area contributed by atoms with Crippen molar-refractivity contribution < 1.29 is 4.79 Å². The lowest BCUT2D eigenvalue weighted by atomic mass is 10.1. The van der Waals surface area contributed by atoms with E-state index in [1.807, 2.05) is 29.2 Å². The molecule has 1 aliphatic heterocycles. The fraction of sp³-hybridized carbons (Fsp3) is 0.500. The van der Waals surface area contributed by atoms with Crippen molar-refractivity contribution in [2.75, 3.05) is 18.8 Å². The first-order valence-corrected chi connectivity index (χ1v) is 8.98. The topological polar surface area (TPSA) is 46.3 Å². The number of nitrogens with zero attached hydrogens (tertiary/aromatic N) is 1. The molecule has 1 aromatic rings. The molecule has 114 valence electrons. The molecule has 1 aliphatic rings. The number of hydrogen-bond donors (Lipinski definition) is 1. The summed E-state index contributed by atoms with van der Waals surface area (Å²) >= 11 is 6.70. The van der Waals surface area contributed by atoms with Crippen molar-refractivity contribution in [3.63, 3.8) is 0 Å². The summed E-state index contributed by atoms with van der Waals surface area (Å²) in [5, 5.41) is 0. The maximum Gasteiger partial charge on any atom is 0.232 e. The minimum Gasteiger partial charge on any atom is -0.389 e. The maximum absolute atomic E-state index is 12.2. The summed E-state index contributed by atoms with van der Waals surface area (Å²) in [5.41, 5.74) is 7.76. The zero-order chi connectivity index (χ0) is 15.1. The Morgan fingerprint density at radius 2 is 1.86 bits per heavy atom. The molecule has 0 bridgehead atoms. The molecule has 1 aromatic carbocycles. The van der Waals surface area contributed by atoms with Crippen LogP contribution in [0.1, 0.15) is 36.8 Å². The first kappa shape index (κ1) is 16.3. The zero-order valence-electron chi connectivity index (χ0n) is 12.2. The Hall–Kier alpha value is -1.07. The molecule has 0 aromatic heterocycles. The van der Waals surface area contributed by atoms with E-state index < -0.39 is 0 Å². The molecule has 0 aliphatic carbocycles. The summed E-state index contributed by atoms with van der Waals surface area (Å²) in [7, 11) is 0. The van der Waals surface area contributed by atoms with Gasteiger partial charge >= 0.3 is 0 Å². The zero-order valence-corrected chi connectivity index (χ0v) is 13.8. The number of benzene rings is 1. The van der Waals surface area contributed by atoms with E-state index in [1.54, 1.807) is 11.8 Å². The number of thiocarbonyl (C=S) groups is 1. The second kappa shape index (κ2) is 8.39. The van der Waals surface area contributed by atoms with Gasteiger partial charge in [-0.3, -0.25) is 4.79 Å². The second-order valence-electron chi connectivity index (χ2n) is 5.31. The van der Waals surface area contributed by atoms with Crippen molar-refractivity contribution in [1.82, 2.24) is 4.90 Å². The van der Waals surface area contributed by atoms with E-state index in [0.717, 1.165) is 42.8 Å². The molecule has 5 heteroatoms. The van der Waals surface area contributed by atoms with Crippen LogP contribution in [-0.2, 0) is 10.5 Å². The molecule has 0 spiro atoms. The highest BCUT2D eigenvalue weighted by atomic mass is 32.2. The highest BCUT2D eigenvalue weighted by molar-refractivity contribution is 7.99. The Balaban J connectivity index is 1.83. The number of carbonyl (C=O) groups excluding carboxylic acids is 1. The lowest BCUT2D eigenvalue weighted by molar-refractivity contribution is -0.128. The number of thioether (sulfide) groups is 1.